The van der Waals surface area contributed by atoms with E-state index in [4.69, 9.17) is 15.2 Å². The molecule has 9 heteroatoms. The van der Waals surface area contributed by atoms with Gasteiger partial charge in [-0.25, -0.2) is 13.2 Å². The van der Waals surface area contributed by atoms with E-state index in [0.717, 1.165) is 23.1 Å². The molecule has 0 spiro atoms. The Morgan fingerprint density at radius 2 is 1.53 bits per heavy atom. The molecular weight excluding hydrogens is 423 g/mol. The van der Waals surface area contributed by atoms with Crippen LogP contribution in [0.15, 0.2) is 30.3 Å². The van der Waals surface area contributed by atoms with E-state index in [1.165, 1.54) is 0 Å². The molecule has 0 saturated carbocycles. The Labute approximate surface area is 185 Å². The molecule has 2 N–H and O–H groups in total. The molecule has 32 heavy (non-hydrogen) atoms. The normalized spacial score (nSPS) is 15.5. The fraction of sp³-hybridized carbons (Fsp3) is 0.435. The number of amides is 1. The second kappa shape index (κ2) is 10.7. The molecule has 6 nitrogen and oxygen atoms in total. The van der Waals surface area contributed by atoms with E-state index in [0.29, 0.717) is 38.8 Å². The van der Waals surface area contributed by atoms with Gasteiger partial charge in [0.1, 0.15) is 17.3 Å². The van der Waals surface area contributed by atoms with Gasteiger partial charge < -0.3 is 20.1 Å². The van der Waals surface area contributed by atoms with E-state index < -0.39 is 23.5 Å². The topological polar surface area (TPSA) is 68.0 Å². The van der Waals surface area contributed by atoms with Crippen LogP contribution in [0.1, 0.15) is 17.5 Å². The predicted octanol–water partition coefficient (Wildman–Crippen LogP) is 2.73. The summed E-state index contributed by atoms with van der Waals surface area (Å²) < 4.78 is 50.9. The highest BCUT2D eigenvalue weighted by atomic mass is 19.2. The lowest BCUT2D eigenvalue weighted by Crippen LogP contribution is -2.49. The van der Waals surface area contributed by atoms with Crippen molar-refractivity contribution in [3.63, 3.8) is 0 Å². The third kappa shape index (κ3) is 6.14. The van der Waals surface area contributed by atoms with Gasteiger partial charge in [0.2, 0.25) is 5.91 Å². The summed E-state index contributed by atoms with van der Waals surface area (Å²) in [4.78, 5) is 16.6. The third-order valence-electron chi connectivity index (χ3n) is 5.55. The Kier molecular flexibility index (Phi) is 7.98. The van der Waals surface area contributed by atoms with Gasteiger partial charge in [0, 0.05) is 57.3 Å². The highest BCUT2D eigenvalue weighted by Gasteiger charge is 2.23. The molecule has 1 aliphatic heterocycles. The van der Waals surface area contributed by atoms with Gasteiger partial charge in [-0.2, -0.15) is 0 Å². The number of carbonyl (C=O) groups excluding carboxylic acids is 1. The zero-order valence-corrected chi connectivity index (χ0v) is 18.2. The minimum Gasteiger partial charge on any atom is -0.497 e. The number of piperazine rings is 1. The van der Waals surface area contributed by atoms with Gasteiger partial charge in [-0.1, -0.05) is 0 Å². The Hall–Kier alpha value is -2.78. The summed E-state index contributed by atoms with van der Waals surface area (Å²) >= 11 is 0. The molecule has 3 rings (SSSR count). The number of hydrogen-bond acceptors (Lipinski definition) is 5. The van der Waals surface area contributed by atoms with Crippen LogP contribution in [0.3, 0.4) is 0 Å². The largest absolute Gasteiger partial charge is 0.497 e. The number of carbonyl (C=O) groups is 1. The van der Waals surface area contributed by atoms with Crippen molar-refractivity contribution in [2.75, 3.05) is 40.4 Å². The number of ether oxygens (including phenoxy) is 2. The average molecular weight is 451 g/mol. The second-order valence-electron chi connectivity index (χ2n) is 7.90. The Morgan fingerprint density at radius 3 is 2.12 bits per heavy atom. The van der Waals surface area contributed by atoms with Gasteiger partial charge in [-0.15, -0.1) is 0 Å². The molecule has 0 radical (unpaired) electrons. The number of benzene rings is 2. The van der Waals surface area contributed by atoms with Crippen LogP contribution in [-0.2, 0) is 17.8 Å². The first-order chi connectivity index (χ1) is 15.3. The molecule has 1 aliphatic rings. The highest BCUT2D eigenvalue weighted by molar-refractivity contribution is 5.77. The van der Waals surface area contributed by atoms with E-state index in [9.17, 15) is 18.0 Å². The van der Waals surface area contributed by atoms with Crippen LogP contribution in [-0.4, -0.2) is 62.1 Å². The van der Waals surface area contributed by atoms with Crippen molar-refractivity contribution < 1.29 is 27.4 Å². The molecule has 0 bridgehead atoms. The van der Waals surface area contributed by atoms with Gasteiger partial charge in [-0.05, 0) is 35.7 Å². The summed E-state index contributed by atoms with van der Waals surface area (Å²) in [6.07, 6.45) is -0.0437. The van der Waals surface area contributed by atoms with Crippen LogP contribution in [0.5, 0.6) is 11.5 Å². The second-order valence-corrected chi connectivity index (χ2v) is 7.90. The van der Waals surface area contributed by atoms with Crippen molar-refractivity contribution in [3.05, 3.63) is 58.9 Å². The van der Waals surface area contributed by atoms with Crippen molar-refractivity contribution in [2.45, 2.75) is 25.4 Å². The minimum absolute atomic E-state index is 0.00547. The van der Waals surface area contributed by atoms with Gasteiger partial charge in [0.25, 0.3) is 0 Å². The fourth-order valence-electron chi connectivity index (χ4n) is 3.80. The number of nitrogens with two attached hydrogens (primary N) is 1. The van der Waals surface area contributed by atoms with E-state index in [-0.39, 0.29) is 24.3 Å². The van der Waals surface area contributed by atoms with Gasteiger partial charge >= 0.3 is 0 Å². The van der Waals surface area contributed by atoms with Crippen LogP contribution in [0, 0.1) is 17.5 Å². The summed E-state index contributed by atoms with van der Waals surface area (Å²) in [6.45, 7) is 3.18. The van der Waals surface area contributed by atoms with Crippen molar-refractivity contribution in [1.82, 2.24) is 9.80 Å². The molecule has 0 aliphatic carbocycles. The number of halogens is 3. The van der Waals surface area contributed by atoms with Crippen LogP contribution in [0.25, 0.3) is 0 Å². The predicted molar refractivity (Wildman–Crippen MR) is 114 cm³/mol. The SMILES string of the molecule is COc1cc(CN2CCN(C(=O)C[C@H](N)Cc3cc(F)c(F)cc3F)CC2)cc(OC)c1. The maximum absolute atomic E-state index is 13.8. The maximum Gasteiger partial charge on any atom is 0.224 e. The Morgan fingerprint density at radius 1 is 0.938 bits per heavy atom. The molecule has 174 valence electrons. The van der Waals surface area contributed by atoms with Crippen LogP contribution < -0.4 is 15.2 Å². The molecule has 1 heterocycles. The molecule has 0 aromatic heterocycles. The Bertz CT molecular complexity index is 927. The number of methoxy groups -OCH3 is 2. The van der Waals surface area contributed by atoms with E-state index in [1.807, 2.05) is 18.2 Å². The monoisotopic (exact) mass is 451 g/mol. The minimum atomic E-state index is -1.25. The summed E-state index contributed by atoms with van der Waals surface area (Å²) in [5, 5.41) is 0. The average Bonchev–Trinajstić information content (AvgIpc) is 2.77. The molecule has 1 fully saturated rings. The molecular formula is C23H28F3N3O3. The van der Waals surface area contributed by atoms with Crippen molar-refractivity contribution in [3.8, 4) is 11.5 Å². The maximum atomic E-state index is 13.8. The molecule has 2 aromatic carbocycles. The zero-order valence-electron chi connectivity index (χ0n) is 18.2. The van der Waals surface area contributed by atoms with Crippen LogP contribution in [0.4, 0.5) is 13.2 Å². The first-order valence-electron chi connectivity index (χ1n) is 10.4. The third-order valence-corrected chi connectivity index (χ3v) is 5.55. The van der Waals surface area contributed by atoms with E-state index >= 15 is 0 Å². The number of nitrogens with zero attached hydrogens (tertiary/aromatic N) is 2. The van der Waals surface area contributed by atoms with Crippen molar-refractivity contribution >= 4 is 5.91 Å². The number of hydrogen-bond donors (Lipinski definition) is 1. The first kappa shape index (κ1) is 23.9. The quantitative estimate of drug-likeness (QED) is 0.626. The highest BCUT2D eigenvalue weighted by Crippen LogP contribution is 2.24. The lowest BCUT2D eigenvalue weighted by molar-refractivity contribution is -0.133. The Balaban J connectivity index is 1.49. The fourth-order valence-corrected chi connectivity index (χ4v) is 3.80. The van der Waals surface area contributed by atoms with Gasteiger partial charge in [0.05, 0.1) is 14.2 Å². The molecule has 2 aromatic rings. The van der Waals surface area contributed by atoms with Crippen LogP contribution >= 0.6 is 0 Å². The van der Waals surface area contributed by atoms with E-state index in [1.54, 1.807) is 19.1 Å². The lowest BCUT2D eigenvalue weighted by atomic mass is 10.0. The smallest absolute Gasteiger partial charge is 0.224 e. The lowest BCUT2D eigenvalue weighted by Gasteiger charge is -2.35. The van der Waals surface area contributed by atoms with E-state index in [2.05, 4.69) is 4.90 Å². The van der Waals surface area contributed by atoms with Crippen molar-refractivity contribution in [2.24, 2.45) is 5.73 Å². The number of rotatable bonds is 8. The first-order valence-corrected chi connectivity index (χ1v) is 10.4. The summed E-state index contributed by atoms with van der Waals surface area (Å²) in [6, 6.07) is 6.32. The van der Waals surface area contributed by atoms with Crippen molar-refractivity contribution in [1.29, 1.82) is 0 Å². The summed E-state index contributed by atoms with van der Waals surface area (Å²) in [5.41, 5.74) is 7.00. The molecule has 1 amide bonds. The standard InChI is InChI=1S/C23H28F3N3O3/c1-31-18-7-15(8-19(12-18)32-2)14-28-3-5-29(6-4-28)23(30)11-17(27)9-16-10-21(25)22(26)13-20(16)24/h7-8,10,12-13,17H,3-6,9,11,14,27H2,1-2H3/t17-/m1/s1. The van der Waals surface area contributed by atoms with Gasteiger partial charge in [0.15, 0.2) is 11.6 Å². The van der Waals surface area contributed by atoms with Gasteiger partial charge in [-0.3, -0.25) is 9.69 Å². The summed E-state index contributed by atoms with van der Waals surface area (Å²) in [5.74, 6) is -1.94. The van der Waals surface area contributed by atoms with Crippen LogP contribution in [0.2, 0.25) is 0 Å². The summed E-state index contributed by atoms with van der Waals surface area (Å²) in [7, 11) is 3.21. The molecule has 0 unspecified atom stereocenters. The molecule has 1 atom stereocenters. The zero-order chi connectivity index (χ0) is 23.3. The molecule has 1 saturated heterocycles.